The molecule has 0 radical (unpaired) electrons. The van der Waals surface area contributed by atoms with E-state index >= 15 is 0 Å². The van der Waals surface area contributed by atoms with Crippen molar-refractivity contribution in [3.05, 3.63) is 42.2 Å². The number of carbonyl (C=O) groups excluding carboxylic acids is 1. The van der Waals surface area contributed by atoms with E-state index in [9.17, 15) is 9.90 Å². The highest BCUT2D eigenvalue weighted by atomic mass is 16.5. The lowest BCUT2D eigenvalue weighted by Gasteiger charge is -2.06. The van der Waals surface area contributed by atoms with Gasteiger partial charge < -0.3 is 14.6 Å². The van der Waals surface area contributed by atoms with Crippen LogP contribution in [0, 0.1) is 0 Å². The molecule has 0 atom stereocenters. The second-order valence-corrected chi connectivity index (χ2v) is 4.31. The average Bonchev–Trinajstić information content (AvgIpc) is 2.48. The Labute approximate surface area is 117 Å². The Kier molecular flexibility index (Phi) is 4.65. The molecule has 0 saturated heterocycles. The van der Waals surface area contributed by atoms with E-state index in [0.29, 0.717) is 12.4 Å². The Bertz CT molecular complexity index is 565. The fourth-order valence-corrected chi connectivity index (χ4v) is 1.62. The molecule has 104 valence electrons. The van der Waals surface area contributed by atoms with Gasteiger partial charge in [-0.15, -0.1) is 0 Å². The predicted molar refractivity (Wildman–Crippen MR) is 72.2 cm³/mol. The van der Waals surface area contributed by atoms with Crippen LogP contribution in [0.4, 0.5) is 0 Å². The van der Waals surface area contributed by atoms with Crippen LogP contribution in [0.25, 0.3) is 11.4 Å². The van der Waals surface area contributed by atoms with E-state index < -0.39 is 5.97 Å². The van der Waals surface area contributed by atoms with E-state index in [1.54, 1.807) is 0 Å². The number of hydrogen-bond donors (Lipinski definition) is 0. The molecule has 0 aliphatic carbocycles. The van der Waals surface area contributed by atoms with Crippen molar-refractivity contribution >= 4 is 5.97 Å². The smallest absolute Gasteiger partial charge is 0.159 e. The molecule has 5 nitrogen and oxygen atoms in total. The molecule has 0 unspecified atom stereocenters. The molecule has 1 heterocycles. The fraction of sp³-hybridized carbons (Fsp3) is 0.267. The Morgan fingerprint density at radius 1 is 1.20 bits per heavy atom. The second-order valence-electron chi connectivity index (χ2n) is 4.31. The van der Waals surface area contributed by atoms with Gasteiger partial charge in [0.05, 0.1) is 12.6 Å². The van der Waals surface area contributed by atoms with Crippen molar-refractivity contribution in [2.24, 2.45) is 0 Å². The van der Waals surface area contributed by atoms with Crippen molar-refractivity contribution in [2.75, 3.05) is 6.61 Å². The zero-order valence-corrected chi connectivity index (χ0v) is 11.2. The van der Waals surface area contributed by atoms with Gasteiger partial charge in [0.2, 0.25) is 0 Å². The normalized spacial score (nSPS) is 10.2. The molecule has 1 aromatic heterocycles. The van der Waals surface area contributed by atoms with Gasteiger partial charge >= 0.3 is 0 Å². The predicted octanol–water partition coefficient (Wildman–Crippen LogP) is 1.69. The molecular weight excluding hydrogens is 256 g/mol. The van der Waals surface area contributed by atoms with E-state index in [1.165, 1.54) is 12.4 Å². The molecule has 0 fully saturated rings. The third-order valence-corrected chi connectivity index (χ3v) is 2.77. The lowest BCUT2D eigenvalue weighted by atomic mass is 10.2. The van der Waals surface area contributed by atoms with Crippen molar-refractivity contribution in [1.82, 2.24) is 9.97 Å². The van der Waals surface area contributed by atoms with E-state index in [0.717, 1.165) is 24.2 Å². The summed E-state index contributed by atoms with van der Waals surface area (Å²) in [4.78, 5) is 18.6. The molecule has 1 aromatic carbocycles. The van der Waals surface area contributed by atoms with Gasteiger partial charge in [-0.1, -0.05) is 13.3 Å². The monoisotopic (exact) mass is 271 g/mol. The first-order valence-electron chi connectivity index (χ1n) is 6.47. The Balaban J connectivity index is 2.07. The number of carbonyl (C=O) groups is 1. The maximum Gasteiger partial charge on any atom is 0.159 e. The number of aromatic nitrogens is 2. The van der Waals surface area contributed by atoms with Crippen LogP contribution in [0.1, 0.15) is 30.1 Å². The van der Waals surface area contributed by atoms with E-state index in [4.69, 9.17) is 4.74 Å². The molecule has 20 heavy (non-hydrogen) atoms. The summed E-state index contributed by atoms with van der Waals surface area (Å²) in [5.74, 6) is -0.0140. The molecule has 5 heteroatoms. The molecule has 0 aliphatic rings. The standard InChI is InChI=1S/C15H16N2O3/c1-2-3-8-20-13-6-4-11(5-7-13)14-16-9-12(10-17-14)15(18)19/h4-7,9-10H,2-3,8H2,1H3,(H,18,19)/p-1. The number of carboxylic acid groups (broad SMARTS) is 1. The number of rotatable bonds is 6. The number of nitrogens with zero attached hydrogens (tertiary/aromatic N) is 2. The van der Waals surface area contributed by atoms with Crippen LogP contribution < -0.4 is 9.84 Å². The van der Waals surface area contributed by atoms with Gasteiger partial charge in [-0.2, -0.15) is 0 Å². The minimum Gasteiger partial charge on any atom is -0.545 e. The summed E-state index contributed by atoms with van der Waals surface area (Å²) in [5.41, 5.74) is 0.769. The van der Waals surface area contributed by atoms with Gasteiger partial charge in [-0.25, -0.2) is 9.97 Å². The minimum atomic E-state index is -1.28. The van der Waals surface area contributed by atoms with Crippen LogP contribution in [0.15, 0.2) is 36.7 Å². The molecule has 0 bridgehead atoms. The lowest BCUT2D eigenvalue weighted by molar-refractivity contribution is -0.255. The number of hydrogen-bond acceptors (Lipinski definition) is 5. The number of aromatic carboxylic acids is 1. The molecule has 0 spiro atoms. The van der Waals surface area contributed by atoms with Crippen molar-refractivity contribution in [3.63, 3.8) is 0 Å². The fourth-order valence-electron chi connectivity index (χ4n) is 1.62. The van der Waals surface area contributed by atoms with Crippen LogP contribution in [0.5, 0.6) is 5.75 Å². The molecule has 2 aromatic rings. The van der Waals surface area contributed by atoms with Gasteiger partial charge in [0.1, 0.15) is 5.75 Å². The summed E-state index contributed by atoms with van der Waals surface area (Å²) < 4.78 is 5.56. The van der Waals surface area contributed by atoms with Crippen LogP contribution >= 0.6 is 0 Å². The SMILES string of the molecule is CCCCOc1ccc(-c2ncc(C(=O)[O-])cn2)cc1. The summed E-state index contributed by atoms with van der Waals surface area (Å²) in [6.45, 7) is 2.81. The Morgan fingerprint density at radius 2 is 1.85 bits per heavy atom. The van der Waals surface area contributed by atoms with Gasteiger partial charge in [0.25, 0.3) is 0 Å². The highest BCUT2D eigenvalue weighted by Gasteiger charge is 2.02. The van der Waals surface area contributed by atoms with E-state index in [2.05, 4.69) is 16.9 Å². The van der Waals surface area contributed by atoms with Gasteiger partial charge in [-0.05, 0) is 30.7 Å². The van der Waals surface area contributed by atoms with Gasteiger partial charge in [-0.3, -0.25) is 0 Å². The van der Waals surface area contributed by atoms with E-state index in [1.807, 2.05) is 24.3 Å². The third kappa shape index (κ3) is 3.54. The van der Waals surface area contributed by atoms with Gasteiger partial charge in [0, 0.05) is 23.5 Å². The summed E-state index contributed by atoms with van der Waals surface area (Å²) in [5, 5.41) is 10.6. The minimum absolute atomic E-state index is 0.0340. The first kappa shape index (κ1) is 14.0. The van der Waals surface area contributed by atoms with Crippen LogP contribution in [-0.2, 0) is 0 Å². The summed E-state index contributed by atoms with van der Waals surface area (Å²) >= 11 is 0. The molecular formula is C15H15N2O3-. The van der Waals surface area contributed by atoms with Crippen LogP contribution in [-0.4, -0.2) is 22.5 Å². The summed E-state index contributed by atoms with van der Waals surface area (Å²) in [6.07, 6.45) is 4.60. The topological polar surface area (TPSA) is 75.1 Å². The summed E-state index contributed by atoms with van der Waals surface area (Å²) in [7, 11) is 0. The van der Waals surface area contributed by atoms with E-state index in [-0.39, 0.29) is 5.56 Å². The zero-order chi connectivity index (χ0) is 14.4. The largest absolute Gasteiger partial charge is 0.545 e. The number of ether oxygens (including phenoxy) is 1. The average molecular weight is 271 g/mol. The van der Waals surface area contributed by atoms with Crippen LogP contribution in [0.3, 0.4) is 0 Å². The molecule has 2 rings (SSSR count). The molecule has 0 amide bonds. The van der Waals surface area contributed by atoms with Gasteiger partial charge in [0.15, 0.2) is 5.82 Å². The Hall–Kier alpha value is -2.43. The van der Waals surface area contributed by atoms with Crippen molar-refractivity contribution in [1.29, 1.82) is 0 Å². The maximum absolute atomic E-state index is 10.6. The first-order chi connectivity index (χ1) is 9.70. The van der Waals surface area contributed by atoms with Crippen molar-refractivity contribution in [3.8, 4) is 17.1 Å². The molecule has 0 saturated carbocycles. The highest BCUT2D eigenvalue weighted by molar-refractivity contribution is 5.85. The molecule has 0 N–H and O–H groups in total. The maximum atomic E-state index is 10.6. The number of benzene rings is 1. The third-order valence-electron chi connectivity index (χ3n) is 2.77. The second kappa shape index (κ2) is 6.65. The van der Waals surface area contributed by atoms with Crippen LogP contribution in [0.2, 0.25) is 0 Å². The lowest BCUT2D eigenvalue weighted by Crippen LogP contribution is -2.22. The number of unbranched alkanes of at least 4 members (excludes halogenated alkanes) is 1. The number of carboxylic acids is 1. The quantitative estimate of drug-likeness (QED) is 0.747. The molecule has 0 aliphatic heterocycles. The van der Waals surface area contributed by atoms with Crippen molar-refractivity contribution < 1.29 is 14.6 Å². The Morgan fingerprint density at radius 3 is 2.40 bits per heavy atom. The van der Waals surface area contributed by atoms with Crippen molar-refractivity contribution in [2.45, 2.75) is 19.8 Å². The highest BCUT2D eigenvalue weighted by Crippen LogP contribution is 2.19. The first-order valence-corrected chi connectivity index (χ1v) is 6.47. The zero-order valence-electron chi connectivity index (χ0n) is 11.2. The summed E-state index contributed by atoms with van der Waals surface area (Å²) in [6, 6.07) is 7.38.